The van der Waals surface area contributed by atoms with Gasteiger partial charge in [0.05, 0.1) is 0 Å². The van der Waals surface area contributed by atoms with Crippen molar-refractivity contribution in [2.45, 2.75) is 0 Å². The summed E-state index contributed by atoms with van der Waals surface area (Å²) in [6.45, 7) is 0. The van der Waals surface area contributed by atoms with Crippen molar-refractivity contribution in [3.05, 3.63) is 0 Å². The first-order chi connectivity index (χ1) is 0. The zero-order chi connectivity index (χ0) is 0. The van der Waals surface area contributed by atoms with Gasteiger partial charge >= 0.3 is 0 Å². The topological polar surface area (TPSA) is 0 Å². The second-order valence-electron chi connectivity index (χ2n) is 0. The van der Waals surface area contributed by atoms with Crippen LogP contribution in [0.15, 0.2) is 0 Å². The molecule has 0 nitrogen and oxygen atoms in total. The zero-order valence-electron chi connectivity index (χ0n) is 1.62. The van der Waals surface area contributed by atoms with E-state index in [9.17, 15) is 0 Å². The van der Waals surface area contributed by atoms with E-state index < -0.39 is 0 Å². The molecular formula is H2Cl2CuZr. The molecule has 0 atom stereocenters. The Labute approximate surface area is 67.5 Å². The molecule has 0 unspecified atom stereocenters. The number of hydrogen-bond donors (Lipinski definition) is 0. The fourth-order valence-corrected chi connectivity index (χ4v) is 0. The van der Waals surface area contributed by atoms with Gasteiger partial charge in [-0.25, -0.2) is 0 Å². The summed E-state index contributed by atoms with van der Waals surface area (Å²) in [5, 5.41) is 0. The van der Waals surface area contributed by atoms with E-state index in [1.165, 1.54) is 0 Å². The van der Waals surface area contributed by atoms with Crippen molar-refractivity contribution < 1.29 is 43.3 Å². The predicted octanol–water partition coefficient (Wildman–Crippen LogP) is 0.839. The van der Waals surface area contributed by atoms with Gasteiger partial charge in [-0.3, -0.25) is 0 Å². The first-order valence-corrected chi connectivity index (χ1v) is 0. The fourth-order valence-electron chi connectivity index (χ4n) is 0. The molecular weight excluding hydrogens is 226 g/mol. The Morgan fingerprint density at radius 2 is 0.750 bits per heavy atom. The summed E-state index contributed by atoms with van der Waals surface area (Å²) in [6.07, 6.45) is 0. The molecule has 0 N–H and O–H groups in total. The normalized spacial score (nSPS) is 0. The number of rotatable bonds is 0. The fraction of sp³-hybridized carbons (Fsp3) is 0. The second-order valence-corrected chi connectivity index (χ2v) is 0. The van der Waals surface area contributed by atoms with Crippen LogP contribution in [0.25, 0.3) is 0 Å². The molecule has 4 heteroatoms. The van der Waals surface area contributed by atoms with Crippen LogP contribution in [-0.2, 0) is 43.3 Å². The van der Waals surface area contributed by atoms with Crippen molar-refractivity contribution in [1.29, 1.82) is 0 Å². The molecule has 0 aromatic carbocycles. The minimum Gasteiger partial charge on any atom is -0.147 e. The Morgan fingerprint density at radius 3 is 0.750 bits per heavy atom. The Kier molecular flexibility index (Phi) is 190. The van der Waals surface area contributed by atoms with Crippen LogP contribution in [0.2, 0.25) is 0 Å². The van der Waals surface area contributed by atoms with E-state index >= 15 is 0 Å². The van der Waals surface area contributed by atoms with Crippen molar-refractivity contribution in [2.75, 3.05) is 0 Å². The molecule has 31 valence electrons. The van der Waals surface area contributed by atoms with E-state index in [1.807, 2.05) is 0 Å². The van der Waals surface area contributed by atoms with E-state index in [0.717, 1.165) is 0 Å². The summed E-state index contributed by atoms with van der Waals surface area (Å²) in [4.78, 5) is 0. The maximum absolute atomic E-state index is 0. The molecule has 0 aromatic rings. The SMILES string of the molecule is Cl.Cl.[Cu].[Zr]. The van der Waals surface area contributed by atoms with Gasteiger partial charge in [-0.05, 0) is 0 Å². The molecule has 4 heavy (non-hydrogen) atoms. The van der Waals surface area contributed by atoms with Crippen LogP contribution in [0.5, 0.6) is 0 Å². The predicted molar refractivity (Wildman–Crippen MR) is 14.5 cm³/mol. The number of halogens is 2. The first-order valence-electron chi connectivity index (χ1n) is 0. The maximum Gasteiger partial charge on any atom is 0 e. The molecule has 0 bridgehead atoms. The van der Waals surface area contributed by atoms with E-state index in [0.29, 0.717) is 0 Å². The van der Waals surface area contributed by atoms with Gasteiger partial charge in [0, 0.05) is 43.3 Å². The van der Waals surface area contributed by atoms with Crippen molar-refractivity contribution >= 4 is 24.8 Å². The second kappa shape index (κ2) is 20.1. The van der Waals surface area contributed by atoms with Crippen molar-refractivity contribution in [3.8, 4) is 0 Å². The molecule has 0 rings (SSSR count). The first kappa shape index (κ1) is 37.8. The van der Waals surface area contributed by atoms with Crippen LogP contribution < -0.4 is 0 Å². The molecule has 0 saturated carbocycles. The van der Waals surface area contributed by atoms with Crippen LogP contribution in [0, 0.1) is 0 Å². The van der Waals surface area contributed by atoms with E-state index in [-0.39, 0.29) is 68.1 Å². The van der Waals surface area contributed by atoms with Gasteiger partial charge in [-0.1, -0.05) is 0 Å². The molecule has 0 spiro atoms. The minimum atomic E-state index is 0. The average Bonchev–Trinajstić information content (AvgIpc) is 0. The van der Waals surface area contributed by atoms with Gasteiger partial charge in [0.1, 0.15) is 0 Å². The molecule has 0 heterocycles. The van der Waals surface area contributed by atoms with E-state index in [2.05, 4.69) is 0 Å². The summed E-state index contributed by atoms with van der Waals surface area (Å²) < 4.78 is 0. The Morgan fingerprint density at radius 1 is 0.750 bits per heavy atom. The molecule has 0 aromatic heterocycles. The van der Waals surface area contributed by atoms with Crippen LogP contribution in [0.4, 0.5) is 0 Å². The van der Waals surface area contributed by atoms with Crippen molar-refractivity contribution in [1.82, 2.24) is 0 Å². The molecule has 0 fully saturated rings. The van der Waals surface area contributed by atoms with Crippen LogP contribution in [0.1, 0.15) is 0 Å². The van der Waals surface area contributed by atoms with Crippen LogP contribution >= 0.6 is 24.8 Å². The zero-order valence-corrected chi connectivity index (χ0v) is 6.65. The standard InChI is InChI=1S/2ClH.Cu.Zr/h2*1H;;. The van der Waals surface area contributed by atoms with E-state index in [1.54, 1.807) is 0 Å². The summed E-state index contributed by atoms with van der Waals surface area (Å²) in [5.41, 5.74) is 0. The van der Waals surface area contributed by atoms with Gasteiger partial charge in [-0.15, -0.1) is 24.8 Å². The summed E-state index contributed by atoms with van der Waals surface area (Å²) in [5.74, 6) is 0. The van der Waals surface area contributed by atoms with Crippen molar-refractivity contribution in [3.63, 3.8) is 0 Å². The minimum absolute atomic E-state index is 0. The number of hydrogen-bond acceptors (Lipinski definition) is 0. The van der Waals surface area contributed by atoms with Crippen LogP contribution in [-0.4, -0.2) is 0 Å². The average molecular weight is 228 g/mol. The Balaban J connectivity index is 0. The monoisotopic (exact) mass is 225 g/mol. The van der Waals surface area contributed by atoms with Gasteiger partial charge in [0.2, 0.25) is 0 Å². The molecule has 1 radical (unpaired) electrons. The van der Waals surface area contributed by atoms with Crippen molar-refractivity contribution in [2.24, 2.45) is 0 Å². The molecule has 0 aliphatic heterocycles. The largest absolute Gasteiger partial charge is 0.147 e. The summed E-state index contributed by atoms with van der Waals surface area (Å²) in [7, 11) is 0. The summed E-state index contributed by atoms with van der Waals surface area (Å²) in [6, 6.07) is 0. The van der Waals surface area contributed by atoms with E-state index in [4.69, 9.17) is 0 Å². The van der Waals surface area contributed by atoms with Crippen LogP contribution in [0.3, 0.4) is 0 Å². The molecule has 0 aliphatic rings. The summed E-state index contributed by atoms with van der Waals surface area (Å²) >= 11 is 0. The quantitative estimate of drug-likeness (QED) is 0.538. The van der Waals surface area contributed by atoms with Gasteiger partial charge in [0.25, 0.3) is 0 Å². The van der Waals surface area contributed by atoms with Gasteiger partial charge in [0.15, 0.2) is 0 Å². The maximum atomic E-state index is 0. The third kappa shape index (κ3) is 9.01. The Bertz CT molecular complexity index is 6.00. The van der Waals surface area contributed by atoms with Gasteiger partial charge < -0.3 is 0 Å². The third-order valence-corrected chi connectivity index (χ3v) is 0. The van der Waals surface area contributed by atoms with Gasteiger partial charge in [-0.2, -0.15) is 0 Å². The molecule has 0 amide bonds. The molecule has 0 aliphatic carbocycles. The Hall–Kier alpha value is 1.98. The third-order valence-electron chi connectivity index (χ3n) is 0. The molecule has 0 saturated heterocycles. The smallest absolute Gasteiger partial charge is 0 e.